The standard InChI is InChI=1S/C37H38N3O.Pt/c1-22(2)25-11-18-34(38-21-25)40-31-19-23(3)9-13-28(31)37(7,8)29-14-10-24(20-32(29)40)30-16-12-26-27(36(4,5)6)15-17-33(41)35(26)39-30;/h9-19,21-22,41H,1-8H3;/q-1;. The normalized spacial score (nSPS) is 14.0. The van der Waals surface area contributed by atoms with E-state index in [9.17, 15) is 5.11 Å². The number of benzene rings is 3. The van der Waals surface area contributed by atoms with Gasteiger partial charge in [-0.3, -0.25) is 4.98 Å². The first-order chi connectivity index (χ1) is 19.4. The minimum Gasteiger partial charge on any atom is -0.506 e. The average Bonchev–Trinajstić information content (AvgIpc) is 2.92. The van der Waals surface area contributed by atoms with Crippen LogP contribution in [0.3, 0.4) is 0 Å². The summed E-state index contributed by atoms with van der Waals surface area (Å²) in [5, 5.41) is 11.8. The zero-order chi connectivity index (χ0) is 29.3. The van der Waals surface area contributed by atoms with E-state index >= 15 is 0 Å². The van der Waals surface area contributed by atoms with Crippen LogP contribution in [0.25, 0.3) is 22.2 Å². The Kier molecular flexibility index (Phi) is 7.60. The van der Waals surface area contributed by atoms with Gasteiger partial charge in [0.1, 0.15) is 17.1 Å². The van der Waals surface area contributed by atoms with Crippen molar-refractivity contribution < 1.29 is 26.2 Å². The Morgan fingerprint density at radius 3 is 2.31 bits per heavy atom. The first-order valence-electron chi connectivity index (χ1n) is 14.4. The molecule has 0 saturated carbocycles. The molecule has 0 amide bonds. The number of aromatic hydroxyl groups is 1. The van der Waals surface area contributed by atoms with Crippen LogP contribution in [0.15, 0.2) is 72.9 Å². The number of fused-ring (bicyclic) bond motifs is 3. The van der Waals surface area contributed by atoms with Gasteiger partial charge < -0.3 is 10.0 Å². The molecule has 1 aliphatic rings. The van der Waals surface area contributed by atoms with Crippen molar-refractivity contribution in [3.63, 3.8) is 0 Å². The molecule has 0 aliphatic carbocycles. The van der Waals surface area contributed by atoms with Gasteiger partial charge in [0.2, 0.25) is 0 Å². The number of aryl methyl sites for hydroxylation is 1. The number of rotatable bonds is 3. The van der Waals surface area contributed by atoms with Crippen molar-refractivity contribution in [2.45, 2.75) is 72.1 Å². The number of nitrogens with zero attached hydrogens (tertiary/aromatic N) is 3. The largest absolute Gasteiger partial charge is 0.506 e. The summed E-state index contributed by atoms with van der Waals surface area (Å²) in [6.45, 7) is 17.6. The molecule has 0 radical (unpaired) electrons. The smallest absolute Gasteiger partial charge is 0.140 e. The Hall–Kier alpha value is -3.49. The van der Waals surface area contributed by atoms with Gasteiger partial charge in [0.15, 0.2) is 0 Å². The summed E-state index contributed by atoms with van der Waals surface area (Å²) in [5.74, 6) is 1.46. The third kappa shape index (κ3) is 4.94. The third-order valence-electron chi connectivity index (χ3n) is 8.48. The number of hydrogen-bond donors (Lipinski definition) is 1. The van der Waals surface area contributed by atoms with Crippen molar-refractivity contribution in [3.8, 4) is 17.0 Å². The van der Waals surface area contributed by atoms with Crippen LogP contribution in [0.5, 0.6) is 5.75 Å². The molecule has 0 atom stereocenters. The van der Waals surface area contributed by atoms with Gasteiger partial charge in [-0.25, -0.2) is 4.98 Å². The maximum absolute atomic E-state index is 10.8. The molecule has 5 aromatic rings. The van der Waals surface area contributed by atoms with E-state index in [1.807, 2.05) is 18.3 Å². The first kappa shape index (κ1) is 30.0. The molecular formula is C37H38N3OPt-. The van der Waals surface area contributed by atoms with Crippen molar-refractivity contribution in [3.05, 3.63) is 107 Å². The Morgan fingerprint density at radius 1 is 0.905 bits per heavy atom. The number of phenolic OH excluding ortho intramolecular Hbond substituents is 1. The van der Waals surface area contributed by atoms with Crippen LogP contribution >= 0.6 is 0 Å². The van der Waals surface area contributed by atoms with E-state index in [1.165, 1.54) is 22.3 Å². The van der Waals surface area contributed by atoms with Crippen LogP contribution in [-0.2, 0) is 31.9 Å². The van der Waals surface area contributed by atoms with E-state index in [0.717, 1.165) is 39.4 Å². The zero-order valence-electron chi connectivity index (χ0n) is 25.6. The minimum absolute atomic E-state index is 0. The van der Waals surface area contributed by atoms with Crippen molar-refractivity contribution >= 4 is 28.1 Å². The number of phenols is 1. The number of pyridine rings is 2. The maximum Gasteiger partial charge on any atom is 0.140 e. The maximum atomic E-state index is 10.8. The Balaban J connectivity index is 0.00000353. The van der Waals surface area contributed by atoms with E-state index in [1.54, 1.807) is 6.07 Å². The van der Waals surface area contributed by atoms with Gasteiger partial charge in [-0.05, 0) is 75.5 Å². The number of anilines is 3. The van der Waals surface area contributed by atoms with Crippen molar-refractivity contribution in [1.82, 2.24) is 9.97 Å². The van der Waals surface area contributed by atoms with Gasteiger partial charge in [-0.15, -0.1) is 23.8 Å². The predicted molar refractivity (Wildman–Crippen MR) is 170 cm³/mol. The summed E-state index contributed by atoms with van der Waals surface area (Å²) in [4.78, 5) is 12.2. The fourth-order valence-corrected chi connectivity index (χ4v) is 6.05. The molecule has 3 aromatic carbocycles. The van der Waals surface area contributed by atoms with E-state index in [-0.39, 0.29) is 37.6 Å². The van der Waals surface area contributed by atoms with Gasteiger partial charge >= 0.3 is 0 Å². The van der Waals surface area contributed by atoms with Gasteiger partial charge in [0, 0.05) is 38.3 Å². The summed E-state index contributed by atoms with van der Waals surface area (Å²) in [6.07, 6.45) is 1.99. The van der Waals surface area contributed by atoms with Gasteiger partial charge in [0.25, 0.3) is 0 Å². The molecule has 1 N–H and O–H groups in total. The van der Waals surface area contributed by atoms with E-state index < -0.39 is 0 Å². The molecule has 2 aromatic heterocycles. The fraction of sp³-hybridized carbons (Fsp3) is 0.297. The van der Waals surface area contributed by atoms with Crippen LogP contribution < -0.4 is 4.90 Å². The molecule has 42 heavy (non-hydrogen) atoms. The summed E-state index contributed by atoms with van der Waals surface area (Å²) < 4.78 is 0. The van der Waals surface area contributed by atoms with Crippen LogP contribution in [0, 0.1) is 13.0 Å². The summed E-state index contributed by atoms with van der Waals surface area (Å²) in [7, 11) is 0. The summed E-state index contributed by atoms with van der Waals surface area (Å²) in [6, 6.07) is 26.9. The second kappa shape index (κ2) is 10.7. The van der Waals surface area contributed by atoms with Crippen molar-refractivity contribution in [1.29, 1.82) is 0 Å². The molecule has 0 bridgehead atoms. The Labute approximate surface area is 264 Å². The van der Waals surface area contributed by atoms with Crippen LogP contribution in [-0.4, -0.2) is 15.1 Å². The number of aromatic nitrogens is 2. The molecule has 0 spiro atoms. The molecule has 4 nitrogen and oxygen atoms in total. The SMILES string of the molecule is Cc1ccc2c(c1)N(c1ccc(C(C)C)cn1)c1[c-]c(-c3ccc4c(C(C)(C)C)ccc(O)c4n3)ccc1C2(C)C.[Pt]. The second-order valence-corrected chi connectivity index (χ2v) is 13.2. The summed E-state index contributed by atoms with van der Waals surface area (Å²) >= 11 is 0. The van der Waals surface area contributed by atoms with Crippen LogP contribution in [0.1, 0.15) is 82.2 Å². The molecule has 0 saturated heterocycles. The van der Waals surface area contributed by atoms with Crippen LogP contribution in [0.2, 0.25) is 0 Å². The molecule has 0 fully saturated rings. The van der Waals surface area contributed by atoms with E-state index in [2.05, 4.69) is 115 Å². The van der Waals surface area contributed by atoms with E-state index in [4.69, 9.17) is 9.97 Å². The average molecular weight is 736 g/mol. The second-order valence-electron chi connectivity index (χ2n) is 13.2. The van der Waals surface area contributed by atoms with E-state index in [0.29, 0.717) is 11.4 Å². The molecule has 3 heterocycles. The topological polar surface area (TPSA) is 49.2 Å². The predicted octanol–water partition coefficient (Wildman–Crippen LogP) is 9.64. The quantitative estimate of drug-likeness (QED) is 0.188. The van der Waals surface area contributed by atoms with Gasteiger partial charge in [-0.2, -0.15) is 0 Å². The number of hydrogen-bond acceptors (Lipinski definition) is 4. The Morgan fingerprint density at radius 2 is 1.64 bits per heavy atom. The van der Waals surface area contributed by atoms with Gasteiger partial charge in [0.05, 0.1) is 0 Å². The molecule has 0 unspecified atom stereocenters. The Bertz CT molecular complexity index is 1800. The first-order valence-corrected chi connectivity index (χ1v) is 14.4. The molecule has 6 rings (SSSR count). The third-order valence-corrected chi connectivity index (χ3v) is 8.48. The van der Waals surface area contributed by atoms with Gasteiger partial charge in [-0.1, -0.05) is 90.4 Å². The minimum atomic E-state index is -0.224. The van der Waals surface area contributed by atoms with Crippen molar-refractivity contribution in [2.24, 2.45) is 0 Å². The zero-order valence-corrected chi connectivity index (χ0v) is 27.9. The fourth-order valence-electron chi connectivity index (χ4n) is 6.05. The van der Waals surface area contributed by atoms with Crippen molar-refractivity contribution in [2.75, 3.05) is 4.90 Å². The molecular weight excluding hydrogens is 698 g/mol. The molecule has 1 aliphatic heterocycles. The monoisotopic (exact) mass is 735 g/mol. The molecule has 218 valence electrons. The molecule has 5 heteroatoms. The summed E-state index contributed by atoms with van der Waals surface area (Å²) in [5.41, 5.74) is 10.1. The van der Waals surface area contributed by atoms with Crippen LogP contribution in [0.4, 0.5) is 17.2 Å².